The van der Waals surface area contributed by atoms with E-state index in [0.29, 0.717) is 0 Å². The van der Waals surface area contributed by atoms with Gasteiger partial charge in [-0.15, -0.1) is 11.8 Å². The largest absolute Gasteiger partial charge is 0.362 e. The second kappa shape index (κ2) is 5.39. The summed E-state index contributed by atoms with van der Waals surface area (Å²) in [5.74, 6) is 0. The Balaban J connectivity index is 2.84. The average molecular weight is 211 g/mol. The third-order valence-electron chi connectivity index (χ3n) is 2.09. The first kappa shape index (κ1) is 11.6. The number of ether oxygens (including phenoxy) is 1. The molecule has 14 heavy (non-hydrogen) atoms. The topological polar surface area (TPSA) is 12.5 Å². The Morgan fingerprint density at radius 3 is 2.14 bits per heavy atom. The Labute approximate surface area is 90.3 Å². The minimum atomic E-state index is 0.0471. The van der Waals surface area contributed by atoms with Crippen LogP contribution in [0.4, 0.5) is 0 Å². The molecule has 3 heteroatoms. The minimum Gasteiger partial charge on any atom is -0.362 e. The number of thioether (sulfide) groups is 1. The zero-order valence-electron chi connectivity index (χ0n) is 9.15. The first-order valence-electron chi connectivity index (χ1n) is 4.52. The van der Waals surface area contributed by atoms with Gasteiger partial charge in [0.1, 0.15) is 6.23 Å². The van der Waals surface area contributed by atoms with Crippen LogP contribution in [0.25, 0.3) is 0 Å². The molecule has 0 aliphatic heterocycles. The zero-order chi connectivity index (χ0) is 10.6. The summed E-state index contributed by atoms with van der Waals surface area (Å²) in [6.45, 7) is 0. The van der Waals surface area contributed by atoms with E-state index in [1.54, 1.807) is 18.9 Å². The predicted octanol–water partition coefficient (Wildman–Crippen LogP) is 2.62. The lowest BCUT2D eigenvalue weighted by molar-refractivity contribution is -0.00543. The normalized spacial score (nSPS) is 13.2. The number of benzene rings is 1. The van der Waals surface area contributed by atoms with Crippen LogP contribution in [-0.2, 0) is 4.74 Å². The lowest BCUT2D eigenvalue weighted by Gasteiger charge is -2.23. The van der Waals surface area contributed by atoms with Crippen molar-refractivity contribution in [3.63, 3.8) is 0 Å². The van der Waals surface area contributed by atoms with Crippen molar-refractivity contribution < 1.29 is 4.74 Å². The Kier molecular flexibility index (Phi) is 4.45. The van der Waals surface area contributed by atoms with E-state index < -0.39 is 0 Å². The molecule has 0 aromatic heterocycles. The van der Waals surface area contributed by atoms with Gasteiger partial charge in [0, 0.05) is 12.0 Å². The SMILES string of the molecule is COC(c1ccc(SC)cc1)N(C)C. The molecule has 1 aromatic rings. The molecule has 0 N–H and O–H groups in total. The smallest absolute Gasteiger partial charge is 0.135 e. The average Bonchev–Trinajstić information content (AvgIpc) is 2.19. The highest BCUT2D eigenvalue weighted by Gasteiger charge is 2.11. The first-order chi connectivity index (χ1) is 6.69. The maximum absolute atomic E-state index is 5.39. The van der Waals surface area contributed by atoms with Crippen LogP contribution >= 0.6 is 11.8 Å². The van der Waals surface area contributed by atoms with Crippen molar-refractivity contribution in [2.24, 2.45) is 0 Å². The van der Waals surface area contributed by atoms with Crippen molar-refractivity contribution in [3.8, 4) is 0 Å². The lowest BCUT2D eigenvalue weighted by Crippen LogP contribution is -2.21. The van der Waals surface area contributed by atoms with Gasteiger partial charge in [-0.2, -0.15) is 0 Å². The molecular formula is C11H17NOS. The van der Waals surface area contributed by atoms with Gasteiger partial charge >= 0.3 is 0 Å². The molecule has 0 heterocycles. The van der Waals surface area contributed by atoms with E-state index in [1.807, 2.05) is 19.0 Å². The summed E-state index contributed by atoms with van der Waals surface area (Å²) in [5.41, 5.74) is 1.19. The van der Waals surface area contributed by atoms with Crippen LogP contribution in [0.5, 0.6) is 0 Å². The molecule has 1 aromatic carbocycles. The summed E-state index contributed by atoms with van der Waals surface area (Å²) < 4.78 is 5.39. The van der Waals surface area contributed by atoms with Crippen molar-refractivity contribution in [1.29, 1.82) is 0 Å². The third kappa shape index (κ3) is 2.74. The minimum absolute atomic E-state index is 0.0471. The predicted molar refractivity (Wildman–Crippen MR) is 61.7 cm³/mol. The van der Waals surface area contributed by atoms with Gasteiger partial charge in [-0.25, -0.2) is 0 Å². The molecule has 0 saturated heterocycles. The monoisotopic (exact) mass is 211 g/mol. The van der Waals surface area contributed by atoms with Crippen LogP contribution in [0, 0.1) is 0 Å². The maximum atomic E-state index is 5.39. The molecule has 2 nitrogen and oxygen atoms in total. The fourth-order valence-corrected chi connectivity index (χ4v) is 1.82. The van der Waals surface area contributed by atoms with Crippen LogP contribution < -0.4 is 0 Å². The number of hydrogen-bond donors (Lipinski definition) is 0. The fraction of sp³-hybridized carbons (Fsp3) is 0.455. The molecule has 0 fully saturated rings. The van der Waals surface area contributed by atoms with E-state index in [-0.39, 0.29) is 6.23 Å². The lowest BCUT2D eigenvalue weighted by atomic mass is 10.2. The van der Waals surface area contributed by atoms with Crippen molar-refractivity contribution in [3.05, 3.63) is 29.8 Å². The maximum Gasteiger partial charge on any atom is 0.135 e. The highest BCUT2D eigenvalue weighted by molar-refractivity contribution is 7.98. The molecule has 1 atom stereocenters. The van der Waals surface area contributed by atoms with Gasteiger partial charge in [-0.3, -0.25) is 4.90 Å². The zero-order valence-corrected chi connectivity index (χ0v) is 9.97. The van der Waals surface area contributed by atoms with Gasteiger partial charge < -0.3 is 4.74 Å². The van der Waals surface area contributed by atoms with Crippen LogP contribution in [0.3, 0.4) is 0 Å². The van der Waals surface area contributed by atoms with Crippen LogP contribution in [0.1, 0.15) is 11.8 Å². The highest BCUT2D eigenvalue weighted by atomic mass is 32.2. The van der Waals surface area contributed by atoms with Gasteiger partial charge in [0.05, 0.1) is 0 Å². The Bertz CT molecular complexity index is 271. The van der Waals surface area contributed by atoms with Crippen molar-refractivity contribution in [2.45, 2.75) is 11.1 Å². The molecule has 0 aliphatic carbocycles. The summed E-state index contributed by atoms with van der Waals surface area (Å²) in [6, 6.07) is 8.46. The quantitative estimate of drug-likeness (QED) is 0.561. The molecule has 0 amide bonds. The summed E-state index contributed by atoms with van der Waals surface area (Å²) in [4.78, 5) is 3.33. The van der Waals surface area contributed by atoms with E-state index in [2.05, 4.69) is 30.5 Å². The number of rotatable bonds is 4. The molecule has 0 aliphatic rings. The van der Waals surface area contributed by atoms with E-state index in [0.717, 1.165) is 0 Å². The standard InChI is InChI=1S/C11H17NOS/c1-12(2)11(13-3)9-5-7-10(14-4)8-6-9/h5-8,11H,1-4H3. The van der Waals surface area contributed by atoms with Gasteiger partial charge in [0.15, 0.2) is 0 Å². The molecule has 78 valence electrons. The van der Waals surface area contributed by atoms with Gasteiger partial charge in [-0.05, 0) is 38.0 Å². The second-order valence-electron chi connectivity index (χ2n) is 3.32. The molecule has 1 unspecified atom stereocenters. The van der Waals surface area contributed by atoms with E-state index >= 15 is 0 Å². The van der Waals surface area contributed by atoms with E-state index in [1.165, 1.54) is 10.5 Å². The van der Waals surface area contributed by atoms with Gasteiger partial charge in [0.2, 0.25) is 0 Å². The molecular weight excluding hydrogens is 194 g/mol. The van der Waals surface area contributed by atoms with Crippen LogP contribution in [-0.4, -0.2) is 32.4 Å². The van der Waals surface area contributed by atoms with Crippen molar-refractivity contribution >= 4 is 11.8 Å². The van der Waals surface area contributed by atoms with E-state index in [9.17, 15) is 0 Å². The molecule has 0 saturated carbocycles. The number of nitrogens with zero attached hydrogens (tertiary/aromatic N) is 1. The van der Waals surface area contributed by atoms with Crippen LogP contribution in [0.15, 0.2) is 29.2 Å². The third-order valence-corrected chi connectivity index (χ3v) is 2.84. The first-order valence-corrected chi connectivity index (χ1v) is 5.74. The Morgan fingerprint density at radius 1 is 1.21 bits per heavy atom. The molecule has 0 bridgehead atoms. The van der Waals surface area contributed by atoms with Gasteiger partial charge in [0.25, 0.3) is 0 Å². The molecule has 0 spiro atoms. The molecule has 0 radical (unpaired) electrons. The number of hydrogen-bond acceptors (Lipinski definition) is 3. The number of methoxy groups -OCH3 is 1. The molecule has 1 rings (SSSR count). The van der Waals surface area contributed by atoms with Crippen molar-refractivity contribution in [2.75, 3.05) is 27.5 Å². The highest BCUT2D eigenvalue weighted by Crippen LogP contribution is 2.22. The summed E-state index contributed by atoms with van der Waals surface area (Å²) in [5, 5.41) is 0. The van der Waals surface area contributed by atoms with Crippen molar-refractivity contribution in [1.82, 2.24) is 4.90 Å². The summed E-state index contributed by atoms with van der Waals surface area (Å²) in [7, 11) is 5.75. The summed E-state index contributed by atoms with van der Waals surface area (Å²) >= 11 is 1.75. The van der Waals surface area contributed by atoms with Crippen LogP contribution in [0.2, 0.25) is 0 Å². The van der Waals surface area contributed by atoms with E-state index in [4.69, 9.17) is 4.74 Å². The summed E-state index contributed by atoms with van der Waals surface area (Å²) in [6.07, 6.45) is 2.13. The fourth-order valence-electron chi connectivity index (χ4n) is 1.41. The second-order valence-corrected chi connectivity index (χ2v) is 4.20. The Morgan fingerprint density at radius 2 is 1.79 bits per heavy atom. The Hall–Kier alpha value is -0.510. The van der Waals surface area contributed by atoms with Gasteiger partial charge in [-0.1, -0.05) is 12.1 Å².